The summed E-state index contributed by atoms with van der Waals surface area (Å²) in [6, 6.07) is 30.9. The standard InChI is InChI=1S/C25H25B2NO2/c26-24-14-5-2-9-21(24)17-28(18-22-10-3-6-15-25(22)27(29)30)16-20-12-7-11-19-8-1-4-13-23(19)20/h1-15,29-30H,16-18,26H2. The molecule has 0 spiro atoms. The minimum Gasteiger partial charge on any atom is -0.423 e. The smallest absolute Gasteiger partial charge is 0.423 e. The molecule has 0 unspecified atom stereocenters. The van der Waals surface area contributed by atoms with Crippen molar-refractivity contribution in [3.63, 3.8) is 0 Å². The van der Waals surface area contributed by atoms with E-state index in [1.807, 2.05) is 18.2 Å². The van der Waals surface area contributed by atoms with Gasteiger partial charge in [0, 0.05) is 19.6 Å². The molecule has 0 amide bonds. The molecule has 0 saturated heterocycles. The molecule has 4 aromatic carbocycles. The molecular weight excluding hydrogens is 368 g/mol. The molecule has 148 valence electrons. The van der Waals surface area contributed by atoms with Crippen LogP contribution in [-0.4, -0.2) is 29.9 Å². The van der Waals surface area contributed by atoms with Crippen molar-refractivity contribution in [1.29, 1.82) is 0 Å². The summed E-state index contributed by atoms with van der Waals surface area (Å²) in [6.07, 6.45) is 0. The Hall–Kier alpha value is -2.85. The molecule has 3 nitrogen and oxygen atoms in total. The summed E-state index contributed by atoms with van der Waals surface area (Å²) in [5.74, 6) is 0. The second kappa shape index (κ2) is 9.31. The van der Waals surface area contributed by atoms with Crippen molar-refractivity contribution in [2.75, 3.05) is 0 Å². The van der Waals surface area contributed by atoms with Gasteiger partial charge in [-0.3, -0.25) is 4.90 Å². The van der Waals surface area contributed by atoms with Crippen molar-refractivity contribution in [3.8, 4) is 0 Å². The van der Waals surface area contributed by atoms with Crippen molar-refractivity contribution in [1.82, 2.24) is 4.90 Å². The molecule has 5 heteroatoms. The molecule has 4 rings (SSSR count). The zero-order valence-electron chi connectivity index (χ0n) is 17.2. The fourth-order valence-corrected chi connectivity index (χ4v) is 4.04. The lowest BCUT2D eigenvalue weighted by Gasteiger charge is -2.25. The zero-order valence-corrected chi connectivity index (χ0v) is 17.2. The highest BCUT2D eigenvalue weighted by Crippen LogP contribution is 2.21. The number of hydrogen-bond acceptors (Lipinski definition) is 3. The Bertz CT molecular complexity index is 1140. The number of benzene rings is 4. The van der Waals surface area contributed by atoms with Crippen molar-refractivity contribution >= 4 is 36.7 Å². The molecule has 4 aromatic rings. The largest absolute Gasteiger partial charge is 0.488 e. The van der Waals surface area contributed by atoms with Gasteiger partial charge in [0.15, 0.2) is 0 Å². The Labute approximate surface area is 179 Å². The van der Waals surface area contributed by atoms with Crippen molar-refractivity contribution in [2.45, 2.75) is 19.6 Å². The first kappa shape index (κ1) is 20.4. The SMILES string of the molecule is Bc1ccccc1CN(Cc1ccccc1B(O)O)Cc1cccc2ccccc12. The normalized spacial score (nSPS) is 11.2. The van der Waals surface area contributed by atoms with E-state index in [2.05, 4.69) is 79.5 Å². The van der Waals surface area contributed by atoms with Gasteiger partial charge in [-0.1, -0.05) is 96.5 Å². The first-order valence-corrected chi connectivity index (χ1v) is 10.3. The molecule has 0 aliphatic carbocycles. The zero-order chi connectivity index (χ0) is 20.9. The third kappa shape index (κ3) is 4.65. The quantitative estimate of drug-likeness (QED) is 0.472. The van der Waals surface area contributed by atoms with Crippen LogP contribution in [0.15, 0.2) is 91.0 Å². The van der Waals surface area contributed by atoms with Gasteiger partial charge in [0.05, 0.1) is 0 Å². The Morgan fingerprint density at radius 2 is 1.20 bits per heavy atom. The molecule has 30 heavy (non-hydrogen) atoms. The lowest BCUT2D eigenvalue weighted by Crippen LogP contribution is -2.36. The molecular formula is C25H25B2NO2. The van der Waals surface area contributed by atoms with E-state index >= 15 is 0 Å². The van der Waals surface area contributed by atoms with Crippen LogP contribution in [0.2, 0.25) is 0 Å². The van der Waals surface area contributed by atoms with Crippen molar-refractivity contribution in [3.05, 3.63) is 108 Å². The first-order valence-electron chi connectivity index (χ1n) is 10.3. The fraction of sp³-hybridized carbons (Fsp3) is 0.120. The van der Waals surface area contributed by atoms with E-state index in [1.54, 1.807) is 6.07 Å². The van der Waals surface area contributed by atoms with E-state index in [0.29, 0.717) is 12.0 Å². The third-order valence-corrected chi connectivity index (χ3v) is 5.66. The van der Waals surface area contributed by atoms with Crippen LogP contribution in [0, 0.1) is 0 Å². The third-order valence-electron chi connectivity index (χ3n) is 5.66. The van der Waals surface area contributed by atoms with Gasteiger partial charge in [-0.25, -0.2) is 0 Å². The molecule has 0 heterocycles. The lowest BCUT2D eigenvalue weighted by atomic mass is 9.77. The van der Waals surface area contributed by atoms with E-state index < -0.39 is 7.12 Å². The van der Waals surface area contributed by atoms with Gasteiger partial charge in [-0.2, -0.15) is 0 Å². The second-order valence-electron chi connectivity index (χ2n) is 7.78. The topological polar surface area (TPSA) is 43.7 Å². The number of fused-ring (bicyclic) bond motifs is 1. The minimum atomic E-state index is -1.47. The number of nitrogens with zero attached hydrogens (tertiary/aromatic N) is 1. The molecule has 0 aromatic heterocycles. The molecule has 0 bridgehead atoms. The lowest BCUT2D eigenvalue weighted by molar-refractivity contribution is 0.249. The highest BCUT2D eigenvalue weighted by Gasteiger charge is 2.18. The van der Waals surface area contributed by atoms with E-state index in [1.165, 1.54) is 27.4 Å². The average Bonchev–Trinajstić information content (AvgIpc) is 2.76. The maximum Gasteiger partial charge on any atom is 0.488 e. The van der Waals surface area contributed by atoms with Gasteiger partial charge in [-0.05, 0) is 32.9 Å². The Morgan fingerprint density at radius 3 is 2.00 bits per heavy atom. The van der Waals surface area contributed by atoms with Crippen LogP contribution in [0.1, 0.15) is 16.7 Å². The first-order chi connectivity index (χ1) is 14.6. The molecule has 2 N–H and O–H groups in total. The molecule has 0 aliphatic rings. The molecule has 0 fully saturated rings. The van der Waals surface area contributed by atoms with Crippen LogP contribution in [0.25, 0.3) is 10.8 Å². The number of hydrogen-bond donors (Lipinski definition) is 2. The molecule has 0 aliphatic heterocycles. The van der Waals surface area contributed by atoms with Gasteiger partial charge in [-0.15, -0.1) is 0 Å². The van der Waals surface area contributed by atoms with Crippen molar-refractivity contribution in [2.24, 2.45) is 0 Å². The maximum atomic E-state index is 9.82. The summed E-state index contributed by atoms with van der Waals surface area (Å²) >= 11 is 0. The Balaban J connectivity index is 1.69. The van der Waals surface area contributed by atoms with E-state index in [4.69, 9.17) is 0 Å². The summed E-state index contributed by atoms with van der Waals surface area (Å²) in [6.45, 7) is 2.18. The van der Waals surface area contributed by atoms with E-state index in [0.717, 1.165) is 18.7 Å². The van der Waals surface area contributed by atoms with E-state index in [-0.39, 0.29) is 0 Å². The average molecular weight is 393 g/mol. The fourth-order valence-electron chi connectivity index (χ4n) is 4.04. The van der Waals surface area contributed by atoms with Gasteiger partial charge >= 0.3 is 7.12 Å². The monoisotopic (exact) mass is 393 g/mol. The maximum absolute atomic E-state index is 9.82. The highest BCUT2D eigenvalue weighted by molar-refractivity contribution is 6.59. The summed E-state index contributed by atoms with van der Waals surface area (Å²) in [5.41, 5.74) is 5.30. The van der Waals surface area contributed by atoms with Crippen LogP contribution < -0.4 is 10.9 Å². The summed E-state index contributed by atoms with van der Waals surface area (Å²) in [4.78, 5) is 2.37. The molecule has 0 atom stereocenters. The van der Waals surface area contributed by atoms with E-state index in [9.17, 15) is 10.0 Å². The van der Waals surface area contributed by atoms with Crippen LogP contribution >= 0.6 is 0 Å². The highest BCUT2D eigenvalue weighted by atomic mass is 16.4. The second-order valence-corrected chi connectivity index (χ2v) is 7.78. The Kier molecular flexibility index (Phi) is 6.34. The predicted molar refractivity (Wildman–Crippen MR) is 128 cm³/mol. The number of rotatable bonds is 7. The summed E-state index contributed by atoms with van der Waals surface area (Å²) in [5, 5.41) is 22.1. The van der Waals surface area contributed by atoms with Crippen LogP contribution in [0.4, 0.5) is 0 Å². The minimum absolute atomic E-state index is 0.560. The molecule has 0 radical (unpaired) electrons. The van der Waals surface area contributed by atoms with Crippen LogP contribution in [0.5, 0.6) is 0 Å². The van der Waals surface area contributed by atoms with Gasteiger partial charge in [0.2, 0.25) is 0 Å². The van der Waals surface area contributed by atoms with Crippen molar-refractivity contribution < 1.29 is 10.0 Å². The van der Waals surface area contributed by atoms with Gasteiger partial charge in [0.25, 0.3) is 0 Å². The molecule has 0 saturated carbocycles. The van der Waals surface area contributed by atoms with Gasteiger partial charge < -0.3 is 10.0 Å². The van der Waals surface area contributed by atoms with Crippen LogP contribution in [0.3, 0.4) is 0 Å². The summed E-state index contributed by atoms with van der Waals surface area (Å²) in [7, 11) is 0.663. The predicted octanol–water partition coefficient (Wildman–Crippen LogP) is 1.98. The van der Waals surface area contributed by atoms with Crippen LogP contribution in [-0.2, 0) is 19.6 Å². The van der Waals surface area contributed by atoms with Gasteiger partial charge in [0.1, 0.15) is 7.85 Å². The Morgan fingerprint density at radius 1 is 0.633 bits per heavy atom. The summed E-state index contributed by atoms with van der Waals surface area (Å²) < 4.78 is 0.